The number of fused-ring (bicyclic) bond motifs is 1. The molecule has 5 rings (SSSR count). The van der Waals surface area contributed by atoms with Crippen LogP contribution < -0.4 is 9.20 Å². The molecule has 5 nitrogen and oxygen atoms in total. The second-order valence-electron chi connectivity index (χ2n) is 9.70. The van der Waals surface area contributed by atoms with Crippen molar-refractivity contribution in [3.63, 3.8) is 0 Å². The van der Waals surface area contributed by atoms with Crippen LogP contribution in [0.4, 0.5) is 0 Å². The van der Waals surface area contributed by atoms with Crippen LogP contribution in [0.5, 0.6) is 5.75 Å². The van der Waals surface area contributed by atoms with Gasteiger partial charge in [0.1, 0.15) is 0 Å². The zero-order valence-electron chi connectivity index (χ0n) is 18.5. The molecule has 0 amide bonds. The second kappa shape index (κ2) is 7.06. The second-order valence-corrected chi connectivity index (χ2v) is 16.7. The van der Waals surface area contributed by atoms with Crippen LogP contribution in [0.15, 0.2) is 53.4 Å². The third-order valence-corrected chi connectivity index (χ3v) is 16.9. The predicted molar refractivity (Wildman–Crippen MR) is 121 cm³/mol. The van der Waals surface area contributed by atoms with Gasteiger partial charge in [-0.2, -0.15) is 0 Å². The average molecular weight is 510 g/mol. The first kappa shape index (κ1) is 21.5. The van der Waals surface area contributed by atoms with E-state index in [1.165, 1.54) is 6.42 Å². The Labute approximate surface area is 188 Å². The molecule has 1 spiro atoms. The van der Waals surface area contributed by atoms with Crippen LogP contribution in [0.3, 0.4) is 0 Å². The van der Waals surface area contributed by atoms with Crippen molar-refractivity contribution in [2.45, 2.75) is 56.4 Å². The van der Waals surface area contributed by atoms with Gasteiger partial charge in [-0.25, -0.2) is 0 Å². The molecule has 0 N–H and O–H groups in total. The molecule has 1 heterocycles. The van der Waals surface area contributed by atoms with Crippen molar-refractivity contribution in [3.8, 4) is 5.75 Å². The first-order valence-electron chi connectivity index (χ1n) is 10.8. The molecule has 1 saturated heterocycles. The van der Waals surface area contributed by atoms with Crippen molar-refractivity contribution >= 4 is 28.1 Å². The average Bonchev–Trinajstić information content (AvgIpc) is 3.27. The maximum absolute atomic E-state index is 13.4. The molecule has 168 valence electrons. The summed E-state index contributed by atoms with van der Waals surface area (Å²) in [7, 11) is -2.34. The zero-order valence-corrected chi connectivity index (χ0v) is 21.0. The molecule has 2 saturated carbocycles. The summed E-state index contributed by atoms with van der Waals surface area (Å²) in [4.78, 5) is 0.185. The molecule has 31 heavy (non-hydrogen) atoms. The van der Waals surface area contributed by atoms with Crippen LogP contribution in [-0.4, -0.2) is 35.1 Å². The SMILES string of the molecule is COc1ccc([Se]2(OS(=O)(=O)c3ccc(C)cc3)CC34CCC(CC3O2)C4(C)C)cc1. The van der Waals surface area contributed by atoms with Gasteiger partial charge in [0.05, 0.1) is 0 Å². The number of ether oxygens (including phenoxy) is 1. The van der Waals surface area contributed by atoms with E-state index in [1.54, 1.807) is 31.4 Å². The molecular formula is C24H30O5SSe. The van der Waals surface area contributed by atoms with Gasteiger partial charge in [0.25, 0.3) is 0 Å². The Kier molecular flexibility index (Phi) is 4.89. The van der Waals surface area contributed by atoms with E-state index >= 15 is 0 Å². The van der Waals surface area contributed by atoms with E-state index in [-0.39, 0.29) is 21.8 Å². The fourth-order valence-corrected chi connectivity index (χ4v) is 16.4. The van der Waals surface area contributed by atoms with Crippen LogP contribution in [0, 0.1) is 23.7 Å². The molecule has 2 aromatic carbocycles. The van der Waals surface area contributed by atoms with E-state index in [9.17, 15) is 8.42 Å². The summed E-state index contributed by atoms with van der Waals surface area (Å²) in [5, 5.41) is 0.690. The van der Waals surface area contributed by atoms with E-state index in [1.807, 2.05) is 31.2 Å². The molecule has 4 unspecified atom stereocenters. The van der Waals surface area contributed by atoms with Crippen molar-refractivity contribution in [2.24, 2.45) is 16.7 Å². The Morgan fingerprint density at radius 3 is 2.32 bits per heavy atom. The van der Waals surface area contributed by atoms with Crippen LogP contribution in [0.2, 0.25) is 5.32 Å². The molecule has 3 aliphatic rings. The molecule has 7 heteroatoms. The van der Waals surface area contributed by atoms with E-state index in [4.69, 9.17) is 11.8 Å². The third-order valence-electron chi connectivity index (χ3n) is 8.00. The predicted octanol–water partition coefficient (Wildman–Crippen LogP) is 4.28. The Morgan fingerprint density at radius 1 is 1.06 bits per heavy atom. The van der Waals surface area contributed by atoms with E-state index in [2.05, 4.69) is 13.8 Å². The van der Waals surface area contributed by atoms with Crippen molar-refractivity contribution in [3.05, 3.63) is 54.1 Å². The van der Waals surface area contributed by atoms with Gasteiger partial charge in [-0.15, -0.1) is 0 Å². The number of hydrogen-bond acceptors (Lipinski definition) is 5. The van der Waals surface area contributed by atoms with Gasteiger partial charge in [-0.3, -0.25) is 0 Å². The van der Waals surface area contributed by atoms with Crippen LogP contribution in [0.25, 0.3) is 0 Å². The van der Waals surface area contributed by atoms with Crippen LogP contribution in [0.1, 0.15) is 38.7 Å². The quantitative estimate of drug-likeness (QED) is 0.563. The van der Waals surface area contributed by atoms with Crippen molar-refractivity contribution in [1.29, 1.82) is 0 Å². The monoisotopic (exact) mass is 510 g/mol. The Hall–Kier alpha value is -1.37. The summed E-state index contributed by atoms with van der Waals surface area (Å²) in [6, 6.07) is 14.4. The number of rotatable bonds is 5. The molecule has 0 aromatic heterocycles. The molecule has 3 fully saturated rings. The Morgan fingerprint density at radius 2 is 1.74 bits per heavy atom. The minimum atomic E-state index is -3.96. The van der Waals surface area contributed by atoms with E-state index in [0.29, 0.717) is 11.2 Å². The van der Waals surface area contributed by atoms with Crippen LogP contribution >= 0.6 is 0 Å². The summed E-state index contributed by atoms with van der Waals surface area (Å²) < 4.78 is 46.0. The molecular weight excluding hydrogens is 479 g/mol. The van der Waals surface area contributed by atoms with Gasteiger partial charge in [-0.1, -0.05) is 0 Å². The first-order chi connectivity index (χ1) is 14.6. The van der Waals surface area contributed by atoms with Crippen molar-refractivity contribution in [1.82, 2.24) is 0 Å². The van der Waals surface area contributed by atoms with Gasteiger partial charge < -0.3 is 0 Å². The zero-order chi connectivity index (χ0) is 22.1. The summed E-state index contributed by atoms with van der Waals surface area (Å²) in [5.74, 6) is 1.37. The summed E-state index contributed by atoms with van der Waals surface area (Å²) in [5.41, 5.74) is 1.12. The molecule has 0 radical (unpaired) electrons. The summed E-state index contributed by atoms with van der Waals surface area (Å²) >= 11 is -3.51. The standard InChI is InChI=1S/C24H30O5SSe/c1-17-5-9-20(10-6-17)30(25,26)29-31(21-11-7-19(27-4)8-12-21)16-24-14-13-18(23(24,2)3)15-22(24)28-31/h5-12,18,22H,13-16H2,1-4H3. The van der Waals surface area contributed by atoms with Crippen molar-refractivity contribution < 1.29 is 20.2 Å². The van der Waals surface area contributed by atoms with Gasteiger partial charge in [0, 0.05) is 0 Å². The summed E-state index contributed by atoms with van der Waals surface area (Å²) in [6.45, 7) is 6.61. The minimum absolute atomic E-state index is 0.0135. The Bertz CT molecular complexity index is 1100. The topological polar surface area (TPSA) is 61.8 Å². The fraction of sp³-hybridized carbons (Fsp3) is 0.500. The number of benzene rings is 2. The van der Waals surface area contributed by atoms with Gasteiger partial charge >= 0.3 is 188 Å². The molecule has 4 atom stereocenters. The summed E-state index contributed by atoms with van der Waals surface area (Å²) in [6.07, 6.45) is 3.33. The van der Waals surface area contributed by atoms with Gasteiger partial charge in [-0.05, 0) is 0 Å². The van der Waals surface area contributed by atoms with E-state index < -0.39 is 23.6 Å². The third kappa shape index (κ3) is 3.12. The molecule has 2 aromatic rings. The normalized spacial score (nSPS) is 35.5. The Balaban J connectivity index is 1.59. The molecule has 1 aliphatic heterocycles. The maximum atomic E-state index is 13.4. The number of hydrogen-bond donors (Lipinski definition) is 0. The number of methoxy groups -OCH3 is 1. The van der Waals surface area contributed by atoms with Crippen molar-refractivity contribution in [2.75, 3.05) is 7.11 Å². The van der Waals surface area contributed by atoms with Gasteiger partial charge in [0.15, 0.2) is 0 Å². The van der Waals surface area contributed by atoms with Crippen LogP contribution in [-0.2, 0) is 17.2 Å². The molecule has 2 aliphatic carbocycles. The number of aryl methyl sites for hydroxylation is 1. The van der Waals surface area contributed by atoms with E-state index in [0.717, 1.165) is 28.6 Å². The first-order valence-corrected chi connectivity index (χ1v) is 15.7. The fourth-order valence-electron chi connectivity index (χ4n) is 5.93. The van der Waals surface area contributed by atoms with Gasteiger partial charge in [0.2, 0.25) is 0 Å². The molecule has 2 bridgehead atoms.